The van der Waals surface area contributed by atoms with Gasteiger partial charge in [-0.3, -0.25) is 9.80 Å². The first-order valence-electron chi connectivity index (χ1n) is 14.7. The van der Waals surface area contributed by atoms with Crippen LogP contribution in [0.5, 0.6) is 23.0 Å². The van der Waals surface area contributed by atoms with Gasteiger partial charge in [-0.2, -0.15) is 0 Å². The van der Waals surface area contributed by atoms with E-state index in [1.54, 1.807) is 0 Å². The lowest BCUT2D eigenvalue weighted by atomic mass is 9.75. The highest BCUT2D eigenvalue weighted by Crippen LogP contribution is 2.56. The number of ether oxygens (including phenoxy) is 2. The molecular weight excluding hydrogens is 532 g/mol. The monoisotopic (exact) mass is 560 g/mol. The van der Waals surface area contributed by atoms with Crippen molar-refractivity contribution >= 4 is 34.8 Å². The Hall–Kier alpha value is -5.36. The maximum absolute atomic E-state index is 6.25. The summed E-state index contributed by atoms with van der Waals surface area (Å²) in [4.78, 5) is 14.6. The van der Waals surface area contributed by atoms with E-state index >= 15 is 0 Å². The molecule has 208 valence electrons. The van der Waals surface area contributed by atoms with Crippen molar-refractivity contribution in [3.8, 4) is 23.0 Å². The van der Waals surface area contributed by atoms with E-state index in [0.717, 1.165) is 57.4 Å². The van der Waals surface area contributed by atoms with Crippen LogP contribution in [-0.4, -0.2) is 11.2 Å². The SMILES string of the molecule is CC1(C)c2cc(N3c4ccccc4Oc4ccccc43)ncc2C2C=NC(N3c4ccccc4Oc4ccccc43)=CC21. The van der Waals surface area contributed by atoms with Gasteiger partial charge >= 0.3 is 0 Å². The summed E-state index contributed by atoms with van der Waals surface area (Å²) >= 11 is 0. The van der Waals surface area contributed by atoms with Crippen LogP contribution in [0.3, 0.4) is 0 Å². The van der Waals surface area contributed by atoms with Crippen molar-refractivity contribution in [2.24, 2.45) is 10.9 Å². The number of hydrogen-bond donors (Lipinski definition) is 0. The number of aliphatic imine (C=N–C) groups is 1. The molecule has 2 unspecified atom stereocenters. The predicted molar refractivity (Wildman–Crippen MR) is 170 cm³/mol. The zero-order valence-corrected chi connectivity index (χ0v) is 23.8. The lowest BCUT2D eigenvalue weighted by Crippen LogP contribution is -2.30. The third-order valence-corrected chi connectivity index (χ3v) is 9.21. The lowest BCUT2D eigenvalue weighted by Gasteiger charge is -2.36. The van der Waals surface area contributed by atoms with E-state index in [1.807, 2.05) is 72.8 Å². The first kappa shape index (κ1) is 24.3. The van der Waals surface area contributed by atoms with Gasteiger partial charge in [0.25, 0.3) is 0 Å². The van der Waals surface area contributed by atoms with Crippen LogP contribution >= 0.6 is 0 Å². The zero-order chi connectivity index (χ0) is 28.7. The van der Waals surface area contributed by atoms with E-state index in [9.17, 15) is 0 Å². The number of para-hydroxylation sites is 8. The van der Waals surface area contributed by atoms with E-state index in [1.165, 1.54) is 11.1 Å². The van der Waals surface area contributed by atoms with E-state index in [4.69, 9.17) is 19.5 Å². The Morgan fingerprint density at radius 3 is 1.67 bits per heavy atom. The molecule has 0 fully saturated rings. The quantitative estimate of drug-likeness (QED) is 0.211. The predicted octanol–water partition coefficient (Wildman–Crippen LogP) is 9.52. The van der Waals surface area contributed by atoms with Gasteiger partial charge in [-0.05, 0) is 77.2 Å². The Kier molecular flexibility index (Phi) is 4.98. The number of fused-ring (bicyclic) bond motifs is 7. The molecule has 5 aromatic rings. The van der Waals surface area contributed by atoms with Gasteiger partial charge in [0.2, 0.25) is 0 Å². The van der Waals surface area contributed by atoms with Crippen molar-refractivity contribution in [3.05, 3.63) is 132 Å². The second kappa shape index (κ2) is 8.82. The number of anilines is 5. The number of aromatic nitrogens is 1. The van der Waals surface area contributed by atoms with Gasteiger partial charge in [0, 0.05) is 24.2 Å². The van der Waals surface area contributed by atoms with Gasteiger partial charge in [0.15, 0.2) is 23.0 Å². The van der Waals surface area contributed by atoms with Gasteiger partial charge in [0.05, 0.1) is 22.7 Å². The number of benzene rings is 4. The normalized spacial score (nSPS) is 19.9. The molecule has 43 heavy (non-hydrogen) atoms. The molecule has 0 saturated carbocycles. The van der Waals surface area contributed by atoms with Gasteiger partial charge in [0.1, 0.15) is 11.6 Å². The Morgan fingerprint density at radius 1 is 0.651 bits per heavy atom. The molecule has 0 bridgehead atoms. The van der Waals surface area contributed by atoms with Crippen LogP contribution in [0.4, 0.5) is 28.6 Å². The minimum Gasteiger partial charge on any atom is -0.453 e. The number of hydrogen-bond acceptors (Lipinski definition) is 6. The summed E-state index contributed by atoms with van der Waals surface area (Å²) in [5.74, 6) is 5.44. The molecule has 4 heterocycles. The summed E-state index contributed by atoms with van der Waals surface area (Å²) in [5.41, 5.74) is 6.31. The third kappa shape index (κ3) is 3.47. The third-order valence-electron chi connectivity index (χ3n) is 9.21. The molecule has 1 aromatic heterocycles. The topological polar surface area (TPSA) is 50.2 Å². The van der Waals surface area contributed by atoms with E-state index < -0.39 is 0 Å². The van der Waals surface area contributed by atoms with E-state index in [-0.39, 0.29) is 17.3 Å². The van der Waals surface area contributed by atoms with Crippen LogP contribution in [0.25, 0.3) is 0 Å². The fourth-order valence-corrected chi connectivity index (χ4v) is 7.10. The highest BCUT2D eigenvalue weighted by Gasteiger charge is 2.47. The Balaban J connectivity index is 1.15. The molecule has 1 aliphatic carbocycles. The van der Waals surface area contributed by atoms with Crippen LogP contribution in [-0.2, 0) is 5.41 Å². The average Bonchev–Trinajstić information content (AvgIpc) is 3.27. The van der Waals surface area contributed by atoms with Crippen molar-refractivity contribution < 1.29 is 9.47 Å². The standard InChI is InChI=1S/C37H28N4O2/c1-37(2)25-19-35(40-27-11-3-7-15-31(27)42-32-16-8-4-12-28(32)40)38-21-23(25)24-22-39-36(20-26(24)37)41-29-13-5-9-17-33(29)43-34-18-10-6-14-30(34)41/h3-23,25H,1-2H3. The highest BCUT2D eigenvalue weighted by molar-refractivity contribution is 5.87. The fraction of sp³-hybridized carbons (Fsp3) is 0.135. The minimum atomic E-state index is -0.161. The molecule has 0 radical (unpaired) electrons. The van der Waals surface area contributed by atoms with Gasteiger partial charge < -0.3 is 9.47 Å². The van der Waals surface area contributed by atoms with E-state index in [0.29, 0.717) is 0 Å². The summed E-state index contributed by atoms with van der Waals surface area (Å²) < 4.78 is 12.5. The maximum atomic E-state index is 6.25. The molecule has 0 amide bonds. The van der Waals surface area contributed by atoms with Crippen LogP contribution in [0.1, 0.15) is 30.9 Å². The average molecular weight is 561 g/mol. The van der Waals surface area contributed by atoms with Crippen molar-refractivity contribution in [1.29, 1.82) is 0 Å². The summed E-state index contributed by atoms with van der Waals surface area (Å²) in [5, 5.41) is 0. The Labute approximate surface area is 250 Å². The van der Waals surface area contributed by atoms with Crippen molar-refractivity contribution in [1.82, 2.24) is 4.98 Å². The summed E-state index contributed by atoms with van der Waals surface area (Å²) in [6, 6.07) is 34.9. The van der Waals surface area contributed by atoms with Crippen LogP contribution < -0.4 is 19.3 Å². The molecule has 6 nitrogen and oxygen atoms in total. The molecule has 9 rings (SSSR count). The number of nitrogens with zero attached hydrogens (tertiary/aromatic N) is 4. The fourth-order valence-electron chi connectivity index (χ4n) is 7.10. The molecule has 4 aromatic carbocycles. The Bertz CT molecular complexity index is 1920. The second-order valence-corrected chi connectivity index (χ2v) is 12.0. The second-order valence-electron chi connectivity index (χ2n) is 12.0. The van der Waals surface area contributed by atoms with Crippen LogP contribution in [0, 0.1) is 5.92 Å². The number of pyridine rings is 1. The lowest BCUT2D eigenvalue weighted by molar-refractivity contribution is 0.401. The molecule has 0 saturated heterocycles. The molecule has 3 aliphatic heterocycles. The first-order chi connectivity index (χ1) is 21.1. The molecule has 4 aliphatic rings. The summed E-state index contributed by atoms with van der Waals surface area (Å²) in [6.45, 7) is 4.69. The van der Waals surface area contributed by atoms with E-state index in [2.05, 4.69) is 72.5 Å². The summed E-state index contributed by atoms with van der Waals surface area (Å²) in [6.07, 6.45) is 6.53. The smallest absolute Gasteiger partial charge is 0.151 e. The van der Waals surface area contributed by atoms with Crippen molar-refractivity contribution in [2.75, 3.05) is 9.80 Å². The van der Waals surface area contributed by atoms with Gasteiger partial charge in [-0.15, -0.1) is 0 Å². The molecule has 6 heteroatoms. The molecule has 2 atom stereocenters. The van der Waals surface area contributed by atoms with Crippen LogP contribution in [0.2, 0.25) is 0 Å². The van der Waals surface area contributed by atoms with Gasteiger partial charge in [-0.1, -0.05) is 62.4 Å². The molecule has 0 spiro atoms. The first-order valence-corrected chi connectivity index (χ1v) is 14.7. The van der Waals surface area contributed by atoms with Gasteiger partial charge in [-0.25, -0.2) is 9.98 Å². The number of allylic oxidation sites excluding steroid dienone is 1. The Morgan fingerprint density at radius 2 is 1.14 bits per heavy atom. The maximum Gasteiger partial charge on any atom is 0.151 e. The number of rotatable bonds is 2. The minimum absolute atomic E-state index is 0.145. The molecule has 0 N–H and O–H groups in total. The molecular formula is C37H28N4O2. The van der Waals surface area contributed by atoms with Crippen molar-refractivity contribution in [3.63, 3.8) is 0 Å². The largest absolute Gasteiger partial charge is 0.453 e. The zero-order valence-electron chi connectivity index (χ0n) is 23.8. The van der Waals surface area contributed by atoms with Crippen molar-refractivity contribution in [2.45, 2.75) is 25.2 Å². The van der Waals surface area contributed by atoms with Crippen LogP contribution in [0.15, 0.2) is 126 Å². The highest BCUT2D eigenvalue weighted by atomic mass is 16.5. The summed E-state index contributed by atoms with van der Waals surface area (Å²) in [7, 11) is 0.